The van der Waals surface area contributed by atoms with Gasteiger partial charge in [-0.3, -0.25) is 4.79 Å². The monoisotopic (exact) mass is 480 g/mol. The van der Waals surface area contributed by atoms with Gasteiger partial charge in [-0.25, -0.2) is 0 Å². The fourth-order valence-corrected chi connectivity index (χ4v) is 11.9. The van der Waals surface area contributed by atoms with E-state index >= 15 is 0 Å². The molecule has 3 aromatic rings. The average Bonchev–Trinajstić information content (AvgIpc) is 3.26. The molecule has 2 unspecified atom stereocenters. The van der Waals surface area contributed by atoms with E-state index in [-0.39, 0.29) is 16.4 Å². The van der Waals surface area contributed by atoms with Crippen molar-refractivity contribution in [2.24, 2.45) is 17.3 Å². The molecule has 2 heteroatoms. The molecule has 0 bridgehead atoms. The second-order valence-electron chi connectivity index (χ2n) is 12.2. The van der Waals surface area contributed by atoms with Crippen LogP contribution in [-0.4, -0.2) is 13.9 Å². The Morgan fingerprint density at radius 3 is 1.63 bits per heavy atom. The van der Waals surface area contributed by atoms with Gasteiger partial charge >= 0.3 is 0 Å². The van der Waals surface area contributed by atoms with E-state index < -0.39 is 8.07 Å². The van der Waals surface area contributed by atoms with E-state index in [0.717, 1.165) is 12.5 Å². The number of hydrogen-bond acceptors (Lipinski definition) is 1. The molecule has 0 amide bonds. The Hall–Kier alpha value is -2.71. The van der Waals surface area contributed by atoms with Gasteiger partial charge in [-0.15, -0.1) is 0 Å². The SMILES string of the molecule is CC(C)(C)C(=O)C1CC(C[Si](c2ccccc2)(c2ccccc2)C(C)(C)C)C=C1c1ccccc1. The average molecular weight is 481 g/mol. The topological polar surface area (TPSA) is 17.1 Å². The van der Waals surface area contributed by atoms with Crippen LogP contribution in [-0.2, 0) is 4.79 Å². The van der Waals surface area contributed by atoms with Crippen molar-refractivity contribution >= 4 is 29.8 Å². The van der Waals surface area contributed by atoms with E-state index in [2.05, 4.69) is 139 Å². The van der Waals surface area contributed by atoms with Gasteiger partial charge in [0.1, 0.15) is 13.9 Å². The molecule has 1 aliphatic carbocycles. The van der Waals surface area contributed by atoms with Crippen molar-refractivity contribution in [2.75, 3.05) is 0 Å². The summed E-state index contributed by atoms with van der Waals surface area (Å²) in [6.45, 7) is 13.5. The normalized spacial score (nSPS) is 18.9. The van der Waals surface area contributed by atoms with Gasteiger partial charge in [-0.2, -0.15) is 0 Å². The molecule has 0 saturated carbocycles. The lowest BCUT2D eigenvalue weighted by molar-refractivity contribution is -0.128. The van der Waals surface area contributed by atoms with Gasteiger partial charge in [-0.05, 0) is 34.6 Å². The van der Waals surface area contributed by atoms with E-state index in [0.29, 0.717) is 11.7 Å². The molecule has 0 radical (unpaired) electrons. The minimum Gasteiger partial charge on any atom is -0.298 e. The summed E-state index contributed by atoms with van der Waals surface area (Å²) < 4.78 is 0. The quantitative estimate of drug-likeness (QED) is 0.336. The van der Waals surface area contributed by atoms with Gasteiger partial charge in [0.2, 0.25) is 0 Å². The van der Waals surface area contributed by atoms with Gasteiger partial charge in [0.15, 0.2) is 0 Å². The number of hydrogen-bond donors (Lipinski definition) is 0. The van der Waals surface area contributed by atoms with Crippen LogP contribution >= 0.6 is 0 Å². The highest BCUT2D eigenvalue weighted by Gasteiger charge is 2.50. The van der Waals surface area contributed by atoms with Crippen molar-refractivity contribution in [3.63, 3.8) is 0 Å². The van der Waals surface area contributed by atoms with Gasteiger partial charge in [0, 0.05) is 11.3 Å². The van der Waals surface area contributed by atoms with Crippen LogP contribution in [0.4, 0.5) is 0 Å². The number of ketones is 1. The van der Waals surface area contributed by atoms with Gasteiger partial charge in [-0.1, -0.05) is 149 Å². The third-order valence-corrected chi connectivity index (χ3v) is 14.2. The van der Waals surface area contributed by atoms with Crippen LogP contribution in [0.15, 0.2) is 97.1 Å². The number of carbonyl (C=O) groups is 1. The lowest BCUT2D eigenvalue weighted by atomic mass is 9.78. The van der Waals surface area contributed by atoms with E-state index in [1.165, 1.54) is 21.5 Å². The zero-order valence-corrected chi connectivity index (χ0v) is 23.2. The van der Waals surface area contributed by atoms with Crippen molar-refractivity contribution in [2.45, 2.75) is 59.0 Å². The zero-order chi connectivity index (χ0) is 25.3. The lowest BCUT2D eigenvalue weighted by Gasteiger charge is -2.45. The molecule has 35 heavy (non-hydrogen) atoms. The highest BCUT2D eigenvalue weighted by Crippen LogP contribution is 2.47. The van der Waals surface area contributed by atoms with E-state index in [1.54, 1.807) is 0 Å². The first-order valence-corrected chi connectivity index (χ1v) is 15.2. The molecular formula is C33H40OSi. The van der Waals surface area contributed by atoms with Crippen LogP contribution in [0.3, 0.4) is 0 Å². The van der Waals surface area contributed by atoms with Gasteiger partial charge < -0.3 is 0 Å². The van der Waals surface area contributed by atoms with Gasteiger partial charge in [0.25, 0.3) is 0 Å². The molecule has 0 heterocycles. The summed E-state index contributed by atoms with van der Waals surface area (Å²) in [5.41, 5.74) is 2.07. The van der Waals surface area contributed by atoms with Crippen molar-refractivity contribution in [1.82, 2.24) is 0 Å². The third kappa shape index (κ3) is 5.00. The van der Waals surface area contributed by atoms with E-state index in [9.17, 15) is 4.79 Å². The fraction of sp³-hybridized carbons (Fsp3) is 0.364. The molecule has 182 valence electrons. The van der Waals surface area contributed by atoms with Crippen LogP contribution < -0.4 is 10.4 Å². The number of rotatable bonds is 6. The minimum atomic E-state index is -2.21. The third-order valence-electron chi connectivity index (χ3n) is 7.87. The summed E-state index contributed by atoms with van der Waals surface area (Å²) in [6, 6.07) is 34.1. The van der Waals surface area contributed by atoms with Crippen molar-refractivity contribution in [3.05, 3.63) is 103 Å². The Labute approximate surface area is 213 Å². The fourth-order valence-electron chi connectivity index (χ4n) is 6.12. The largest absolute Gasteiger partial charge is 0.298 e. The molecule has 1 nitrogen and oxygen atoms in total. The molecule has 1 aliphatic rings. The number of carbonyl (C=O) groups excluding carboxylic acids is 1. The Bertz CT molecular complexity index is 1130. The molecule has 0 fully saturated rings. The number of benzene rings is 3. The number of allylic oxidation sites excluding steroid dienone is 2. The van der Waals surface area contributed by atoms with Crippen LogP contribution in [0.5, 0.6) is 0 Å². The molecule has 3 aromatic carbocycles. The lowest BCUT2D eigenvalue weighted by Crippen LogP contribution is -2.64. The first-order chi connectivity index (χ1) is 16.5. The maximum atomic E-state index is 13.7. The Kier molecular flexibility index (Phi) is 7.06. The zero-order valence-electron chi connectivity index (χ0n) is 22.2. The maximum absolute atomic E-state index is 13.7. The molecule has 0 aliphatic heterocycles. The Morgan fingerprint density at radius 1 is 0.743 bits per heavy atom. The molecule has 0 saturated heterocycles. The van der Waals surface area contributed by atoms with Crippen LogP contribution in [0, 0.1) is 17.3 Å². The van der Waals surface area contributed by atoms with Crippen molar-refractivity contribution < 1.29 is 4.79 Å². The van der Waals surface area contributed by atoms with Gasteiger partial charge in [0.05, 0.1) is 0 Å². The number of Topliss-reactive ketones (excluding diaryl/α,β-unsaturated/α-hetero) is 1. The Morgan fingerprint density at radius 2 is 1.20 bits per heavy atom. The minimum absolute atomic E-state index is 0.0411. The summed E-state index contributed by atoms with van der Waals surface area (Å²) in [5, 5.41) is 3.08. The summed E-state index contributed by atoms with van der Waals surface area (Å²) in [7, 11) is -2.21. The highest BCUT2D eigenvalue weighted by atomic mass is 28.3. The highest BCUT2D eigenvalue weighted by molar-refractivity contribution is 7.04. The van der Waals surface area contributed by atoms with E-state index in [4.69, 9.17) is 0 Å². The molecule has 4 rings (SSSR count). The van der Waals surface area contributed by atoms with Crippen molar-refractivity contribution in [1.29, 1.82) is 0 Å². The summed E-state index contributed by atoms with van der Waals surface area (Å²) >= 11 is 0. The Balaban J connectivity index is 1.84. The molecule has 0 aromatic heterocycles. The first-order valence-electron chi connectivity index (χ1n) is 13.0. The smallest absolute Gasteiger partial charge is 0.145 e. The van der Waals surface area contributed by atoms with Crippen LogP contribution in [0.1, 0.15) is 53.5 Å². The van der Waals surface area contributed by atoms with E-state index in [1.807, 2.05) is 0 Å². The standard InChI is InChI=1S/C33H40OSi/c1-32(2,3)31(34)30-23-25(22-29(30)26-16-10-7-11-17-26)24-35(33(4,5)6,27-18-12-8-13-19-27)28-20-14-9-15-21-28/h7-22,25,30H,23-24H2,1-6H3. The molecular weight excluding hydrogens is 440 g/mol. The summed E-state index contributed by atoms with van der Waals surface area (Å²) in [4.78, 5) is 13.7. The molecule has 2 atom stereocenters. The predicted molar refractivity (Wildman–Crippen MR) is 153 cm³/mol. The predicted octanol–water partition coefficient (Wildman–Crippen LogP) is 7.38. The molecule has 0 spiro atoms. The summed E-state index contributed by atoms with van der Waals surface area (Å²) in [5.74, 6) is 0.686. The molecule has 0 N–H and O–H groups in total. The summed E-state index contributed by atoms with van der Waals surface area (Å²) in [6.07, 6.45) is 3.37. The van der Waals surface area contributed by atoms with Crippen molar-refractivity contribution in [3.8, 4) is 0 Å². The second kappa shape index (κ2) is 9.74. The van der Waals surface area contributed by atoms with Crippen LogP contribution in [0.25, 0.3) is 5.57 Å². The second-order valence-corrected chi connectivity index (χ2v) is 17.1. The maximum Gasteiger partial charge on any atom is 0.145 e. The first kappa shape index (κ1) is 25.4. The van der Waals surface area contributed by atoms with Crippen LogP contribution in [0.2, 0.25) is 11.1 Å².